The molecule has 10 nitrogen and oxygen atoms in total. The molecule has 5 N–H and O–H groups in total. The number of aromatic nitrogens is 3. The first kappa shape index (κ1) is 25.8. The van der Waals surface area contributed by atoms with Crippen LogP contribution in [0.4, 0.5) is 17.8 Å². The van der Waals surface area contributed by atoms with Crippen molar-refractivity contribution < 1.29 is 9.47 Å². The summed E-state index contributed by atoms with van der Waals surface area (Å²) in [6, 6.07) is 25.1. The number of benzene rings is 3. The predicted molar refractivity (Wildman–Crippen MR) is 150 cm³/mol. The third kappa shape index (κ3) is 5.10. The van der Waals surface area contributed by atoms with Gasteiger partial charge in [0, 0.05) is 17.9 Å². The van der Waals surface area contributed by atoms with E-state index in [-0.39, 0.29) is 23.8 Å². The van der Waals surface area contributed by atoms with E-state index in [4.69, 9.17) is 31.5 Å². The summed E-state index contributed by atoms with van der Waals surface area (Å²) in [6.07, 6.45) is 9.68. The fourth-order valence-corrected chi connectivity index (χ4v) is 5.16. The number of rotatable bonds is 8. The molecule has 1 atom stereocenters. The minimum atomic E-state index is -0.694. The van der Waals surface area contributed by atoms with E-state index < -0.39 is 5.41 Å². The summed E-state index contributed by atoms with van der Waals surface area (Å²) in [5, 5.41) is 21.2. The molecule has 1 heterocycles. The first-order valence-electron chi connectivity index (χ1n) is 12.3. The van der Waals surface area contributed by atoms with Crippen LogP contribution < -0.4 is 26.3 Å². The van der Waals surface area contributed by atoms with Gasteiger partial charge in [0.1, 0.15) is 11.5 Å². The van der Waals surface area contributed by atoms with Gasteiger partial charge in [-0.3, -0.25) is 0 Å². The average Bonchev–Trinajstić information content (AvgIpc) is 2.97. The molecule has 0 saturated heterocycles. The minimum absolute atomic E-state index is 0.0285. The lowest BCUT2D eigenvalue weighted by molar-refractivity contribution is 0.501. The van der Waals surface area contributed by atoms with Crippen molar-refractivity contribution >= 4 is 17.8 Å². The van der Waals surface area contributed by atoms with E-state index >= 15 is 0 Å². The summed E-state index contributed by atoms with van der Waals surface area (Å²) >= 11 is 0. The molecule has 0 spiro atoms. The highest BCUT2D eigenvalue weighted by molar-refractivity contribution is 5.58. The van der Waals surface area contributed by atoms with Gasteiger partial charge >= 0.3 is 0 Å². The van der Waals surface area contributed by atoms with Crippen molar-refractivity contribution in [1.82, 2.24) is 15.0 Å². The van der Waals surface area contributed by atoms with E-state index in [0.717, 1.165) is 22.3 Å². The highest BCUT2D eigenvalue weighted by Gasteiger charge is 2.44. The van der Waals surface area contributed by atoms with Crippen molar-refractivity contribution in [2.75, 3.05) is 23.3 Å². The molecular formula is C30H24N8O2. The molecule has 1 aliphatic rings. The van der Waals surface area contributed by atoms with Gasteiger partial charge in [0.15, 0.2) is 0 Å². The Bertz CT molecular complexity index is 1560. The third-order valence-electron chi connectivity index (χ3n) is 6.74. The third-order valence-corrected chi connectivity index (χ3v) is 6.74. The van der Waals surface area contributed by atoms with Gasteiger partial charge in [0.2, 0.25) is 17.8 Å². The second kappa shape index (κ2) is 11.3. The number of nitrogen functional groups attached to an aromatic ring is 2. The number of ether oxygens (including phenoxy) is 2. The van der Waals surface area contributed by atoms with E-state index in [2.05, 4.69) is 44.6 Å². The first-order chi connectivity index (χ1) is 19.5. The van der Waals surface area contributed by atoms with Gasteiger partial charge in [-0.25, -0.2) is 0 Å². The zero-order chi connectivity index (χ0) is 28.0. The molecule has 1 aliphatic carbocycles. The molecule has 1 aromatic heterocycles. The minimum Gasteiger partial charge on any atom is -0.388 e. The van der Waals surface area contributed by atoms with Crippen LogP contribution in [0.15, 0.2) is 103 Å². The molecule has 0 saturated carbocycles. The van der Waals surface area contributed by atoms with Gasteiger partial charge in [-0.2, -0.15) is 15.0 Å². The SMILES string of the molecule is N#COc1ccc(C2(c3ccc(OC#N)cc3)C=CC=C(CNc3nc(N)nc(N)n3)C2c2ccccc2)cc1. The Hall–Kier alpha value is -5.87. The van der Waals surface area contributed by atoms with Crippen LogP contribution in [0.5, 0.6) is 11.5 Å². The second-order valence-electron chi connectivity index (χ2n) is 8.98. The molecule has 4 aromatic rings. The van der Waals surface area contributed by atoms with Gasteiger partial charge in [-0.1, -0.05) is 72.8 Å². The fourth-order valence-electron chi connectivity index (χ4n) is 5.16. The van der Waals surface area contributed by atoms with Crippen molar-refractivity contribution in [3.8, 4) is 24.0 Å². The normalized spacial score (nSPS) is 15.2. The quantitative estimate of drug-likeness (QED) is 0.278. The van der Waals surface area contributed by atoms with Gasteiger partial charge in [-0.05, 0) is 46.5 Å². The van der Waals surface area contributed by atoms with Gasteiger partial charge < -0.3 is 26.3 Å². The molecular weight excluding hydrogens is 504 g/mol. The van der Waals surface area contributed by atoms with E-state index in [1.165, 1.54) is 0 Å². The maximum atomic E-state index is 8.99. The number of nitriles is 2. The molecule has 0 fully saturated rings. The van der Waals surface area contributed by atoms with Crippen LogP contribution in [-0.2, 0) is 5.41 Å². The maximum absolute atomic E-state index is 8.99. The van der Waals surface area contributed by atoms with Crippen molar-refractivity contribution in [1.29, 1.82) is 10.5 Å². The molecule has 0 amide bonds. The largest absolute Gasteiger partial charge is 0.388 e. The van der Waals surface area contributed by atoms with E-state index in [0.29, 0.717) is 18.0 Å². The Balaban J connectivity index is 1.66. The van der Waals surface area contributed by atoms with Gasteiger partial charge in [0.05, 0.1) is 0 Å². The Labute approximate surface area is 230 Å². The number of nitrogens with zero attached hydrogens (tertiary/aromatic N) is 5. The standard InChI is InChI=1S/C30H24N8O2/c31-18-39-24-12-8-22(9-13-24)30(23-10-14-25(15-11-23)40-19-32)16-4-7-21(26(30)20-5-2-1-3-6-20)17-35-29-37-27(33)36-28(34)38-29/h1-16,26H,17H2,(H5,33,34,35,36,37,38). The summed E-state index contributed by atoms with van der Waals surface area (Å²) in [5.74, 6) is 1.03. The molecule has 3 aromatic carbocycles. The maximum Gasteiger partial charge on any atom is 0.292 e. The topological polar surface area (TPSA) is 169 Å². The zero-order valence-corrected chi connectivity index (χ0v) is 21.2. The van der Waals surface area contributed by atoms with Crippen LogP contribution >= 0.6 is 0 Å². The first-order valence-corrected chi connectivity index (χ1v) is 12.3. The van der Waals surface area contributed by atoms with Crippen LogP contribution in [0.2, 0.25) is 0 Å². The monoisotopic (exact) mass is 528 g/mol. The molecule has 5 rings (SSSR count). The van der Waals surface area contributed by atoms with Crippen LogP contribution in [0.25, 0.3) is 0 Å². The van der Waals surface area contributed by atoms with Crippen molar-refractivity contribution in [2.24, 2.45) is 0 Å². The predicted octanol–water partition coefficient (Wildman–Crippen LogP) is 4.43. The number of allylic oxidation sites excluding steroid dienone is 3. The van der Waals surface area contributed by atoms with Crippen molar-refractivity contribution in [3.63, 3.8) is 0 Å². The Morgan fingerprint density at radius 2 is 1.32 bits per heavy atom. The summed E-state index contributed by atoms with van der Waals surface area (Å²) in [6.45, 7) is 0.389. The van der Waals surface area contributed by atoms with E-state index in [9.17, 15) is 0 Å². The molecule has 10 heteroatoms. The lowest BCUT2D eigenvalue weighted by atomic mass is 9.59. The Morgan fingerprint density at radius 3 is 1.85 bits per heavy atom. The molecule has 0 bridgehead atoms. The van der Waals surface area contributed by atoms with Crippen LogP contribution in [0, 0.1) is 23.0 Å². The molecule has 1 unspecified atom stereocenters. The number of nitrogens with one attached hydrogen (secondary N) is 1. The van der Waals surface area contributed by atoms with Gasteiger partial charge in [0.25, 0.3) is 12.5 Å². The summed E-state index contributed by atoms with van der Waals surface area (Å²) in [5.41, 5.74) is 14.9. The van der Waals surface area contributed by atoms with Crippen molar-refractivity contribution in [2.45, 2.75) is 11.3 Å². The zero-order valence-electron chi connectivity index (χ0n) is 21.2. The van der Waals surface area contributed by atoms with Crippen LogP contribution in [0.1, 0.15) is 22.6 Å². The number of anilines is 3. The van der Waals surface area contributed by atoms with Crippen LogP contribution in [0.3, 0.4) is 0 Å². The molecule has 0 aliphatic heterocycles. The lowest BCUT2D eigenvalue weighted by Gasteiger charge is -2.43. The van der Waals surface area contributed by atoms with E-state index in [1.807, 2.05) is 48.5 Å². The molecule has 40 heavy (non-hydrogen) atoms. The molecule has 0 radical (unpaired) electrons. The van der Waals surface area contributed by atoms with E-state index in [1.54, 1.807) is 36.8 Å². The Kier molecular flexibility index (Phi) is 7.25. The molecule has 196 valence electrons. The second-order valence-corrected chi connectivity index (χ2v) is 8.98. The fraction of sp³-hybridized carbons (Fsp3) is 0.100. The van der Waals surface area contributed by atoms with Crippen LogP contribution in [-0.4, -0.2) is 21.5 Å². The highest BCUT2D eigenvalue weighted by atomic mass is 16.5. The summed E-state index contributed by atoms with van der Waals surface area (Å²) in [7, 11) is 0. The number of hydrogen-bond acceptors (Lipinski definition) is 10. The van der Waals surface area contributed by atoms with Crippen molar-refractivity contribution in [3.05, 3.63) is 119 Å². The Morgan fingerprint density at radius 1 is 0.775 bits per heavy atom. The van der Waals surface area contributed by atoms with Gasteiger partial charge in [-0.15, -0.1) is 10.5 Å². The smallest absolute Gasteiger partial charge is 0.292 e. The number of nitrogens with two attached hydrogens (primary N) is 2. The number of hydrogen-bond donors (Lipinski definition) is 3. The highest BCUT2D eigenvalue weighted by Crippen LogP contribution is 2.51. The summed E-state index contributed by atoms with van der Waals surface area (Å²) < 4.78 is 10.1. The summed E-state index contributed by atoms with van der Waals surface area (Å²) in [4.78, 5) is 12.2. The average molecular weight is 529 g/mol. The lowest BCUT2D eigenvalue weighted by Crippen LogP contribution is -2.37.